The molecule has 0 saturated carbocycles. The SMILES string of the molecule is COc1csc(-c2c(-c3cc(F)ccc3Cl)noc2-c2cnn(-c3cccc(F)c3)c2C(F)(F)F)n1. The van der Waals surface area contributed by atoms with Gasteiger partial charge < -0.3 is 9.26 Å². The van der Waals surface area contributed by atoms with Gasteiger partial charge in [0.1, 0.15) is 22.3 Å². The van der Waals surface area contributed by atoms with E-state index in [4.69, 9.17) is 20.9 Å². The lowest BCUT2D eigenvalue weighted by molar-refractivity contribution is -0.142. The minimum Gasteiger partial charge on any atom is -0.480 e. The first-order valence-corrected chi connectivity index (χ1v) is 11.3. The van der Waals surface area contributed by atoms with Crippen LogP contribution in [-0.4, -0.2) is 27.0 Å². The van der Waals surface area contributed by atoms with Gasteiger partial charge in [-0.25, -0.2) is 18.4 Å². The summed E-state index contributed by atoms with van der Waals surface area (Å²) in [6.45, 7) is 0. The second-order valence-corrected chi connectivity index (χ2v) is 8.62. The van der Waals surface area contributed by atoms with Gasteiger partial charge in [0.25, 0.3) is 0 Å². The first-order valence-electron chi connectivity index (χ1n) is 10.0. The van der Waals surface area contributed by atoms with Gasteiger partial charge in [0.05, 0.1) is 40.5 Å². The zero-order valence-electron chi connectivity index (χ0n) is 18.0. The van der Waals surface area contributed by atoms with Gasteiger partial charge in [-0.3, -0.25) is 0 Å². The number of hydrogen-bond acceptors (Lipinski definition) is 6. The number of hydrogen-bond donors (Lipinski definition) is 0. The molecule has 0 N–H and O–H groups in total. The average Bonchev–Trinajstić information content (AvgIpc) is 3.57. The van der Waals surface area contributed by atoms with E-state index in [-0.39, 0.29) is 44.2 Å². The Balaban J connectivity index is 1.80. The van der Waals surface area contributed by atoms with E-state index in [0.29, 0.717) is 4.68 Å². The van der Waals surface area contributed by atoms with Crippen LogP contribution in [0.4, 0.5) is 22.0 Å². The second kappa shape index (κ2) is 9.03. The van der Waals surface area contributed by atoms with E-state index in [9.17, 15) is 22.0 Å². The topological polar surface area (TPSA) is 66.0 Å². The number of thiazole rings is 1. The molecule has 2 aromatic carbocycles. The van der Waals surface area contributed by atoms with Gasteiger partial charge in [0, 0.05) is 5.56 Å². The molecule has 184 valence electrons. The monoisotopic (exact) mass is 538 g/mol. The molecule has 36 heavy (non-hydrogen) atoms. The molecule has 0 radical (unpaired) electrons. The Kier molecular flexibility index (Phi) is 6.00. The van der Waals surface area contributed by atoms with Crippen molar-refractivity contribution in [3.05, 3.63) is 76.4 Å². The molecular formula is C23H12ClF5N4O2S. The second-order valence-electron chi connectivity index (χ2n) is 7.35. The van der Waals surface area contributed by atoms with Crippen molar-refractivity contribution < 1.29 is 31.2 Å². The number of halogens is 6. The smallest absolute Gasteiger partial charge is 0.434 e. The van der Waals surface area contributed by atoms with Crippen LogP contribution in [0.5, 0.6) is 5.88 Å². The van der Waals surface area contributed by atoms with Crippen LogP contribution in [0.15, 0.2) is 58.6 Å². The summed E-state index contributed by atoms with van der Waals surface area (Å²) in [7, 11) is 1.38. The van der Waals surface area contributed by atoms with E-state index >= 15 is 0 Å². The van der Waals surface area contributed by atoms with Crippen molar-refractivity contribution in [2.75, 3.05) is 7.11 Å². The molecule has 0 unspecified atom stereocenters. The predicted octanol–water partition coefficient (Wildman–Crippen LogP) is 7.28. The first-order chi connectivity index (χ1) is 17.2. The zero-order chi connectivity index (χ0) is 25.6. The van der Waals surface area contributed by atoms with Gasteiger partial charge in [-0.2, -0.15) is 18.3 Å². The van der Waals surface area contributed by atoms with Crippen molar-refractivity contribution in [1.82, 2.24) is 19.9 Å². The molecule has 3 aromatic heterocycles. The standard InChI is InChI=1S/C23H12ClF5N4O2S/c1-34-17-10-36-22(31-17)18-19(14-8-12(26)5-6-16(14)24)32-35-20(18)15-9-30-33(21(15)23(27,28)29)13-4-2-3-11(25)7-13/h2-10H,1H3. The number of alkyl halides is 3. The summed E-state index contributed by atoms with van der Waals surface area (Å²) in [5, 5.41) is 9.59. The normalized spacial score (nSPS) is 11.8. The molecule has 0 aliphatic carbocycles. The van der Waals surface area contributed by atoms with Crippen LogP contribution >= 0.6 is 22.9 Å². The fourth-order valence-electron chi connectivity index (χ4n) is 3.59. The highest BCUT2D eigenvalue weighted by molar-refractivity contribution is 7.13. The molecule has 13 heteroatoms. The van der Waals surface area contributed by atoms with Crippen LogP contribution in [0.25, 0.3) is 38.8 Å². The van der Waals surface area contributed by atoms with Crippen molar-refractivity contribution in [2.24, 2.45) is 0 Å². The summed E-state index contributed by atoms with van der Waals surface area (Å²) in [5.41, 5.74) is -1.78. The number of rotatable bonds is 5. The van der Waals surface area contributed by atoms with E-state index in [2.05, 4.69) is 15.2 Å². The van der Waals surface area contributed by atoms with Crippen molar-refractivity contribution in [3.8, 4) is 44.7 Å². The molecular weight excluding hydrogens is 527 g/mol. The Morgan fingerprint density at radius 3 is 2.53 bits per heavy atom. The lowest BCUT2D eigenvalue weighted by Crippen LogP contribution is -2.14. The Bertz CT molecular complexity index is 1580. The van der Waals surface area contributed by atoms with Gasteiger partial charge in [0.15, 0.2) is 11.5 Å². The largest absolute Gasteiger partial charge is 0.480 e. The Hall–Kier alpha value is -3.77. The predicted molar refractivity (Wildman–Crippen MR) is 122 cm³/mol. The maximum atomic E-state index is 14.3. The summed E-state index contributed by atoms with van der Waals surface area (Å²) < 4.78 is 81.9. The molecule has 0 saturated heterocycles. The number of aromatic nitrogens is 4. The highest BCUT2D eigenvalue weighted by Crippen LogP contribution is 2.47. The fourth-order valence-corrected chi connectivity index (χ4v) is 4.61. The summed E-state index contributed by atoms with van der Waals surface area (Å²) in [6, 6.07) is 8.05. The molecule has 5 rings (SSSR count). The third kappa shape index (κ3) is 4.22. The molecule has 0 spiro atoms. The highest BCUT2D eigenvalue weighted by Gasteiger charge is 2.41. The van der Waals surface area contributed by atoms with Gasteiger partial charge in [0.2, 0.25) is 5.88 Å². The molecule has 0 aliphatic heterocycles. The lowest BCUT2D eigenvalue weighted by Gasteiger charge is -2.12. The number of methoxy groups -OCH3 is 1. The van der Waals surface area contributed by atoms with Crippen LogP contribution in [0, 0.1) is 11.6 Å². The highest BCUT2D eigenvalue weighted by atomic mass is 35.5. The number of nitrogens with zero attached hydrogens (tertiary/aromatic N) is 4. The third-order valence-electron chi connectivity index (χ3n) is 5.12. The Morgan fingerprint density at radius 1 is 1.06 bits per heavy atom. The van der Waals surface area contributed by atoms with Crippen LogP contribution in [0.3, 0.4) is 0 Å². The van der Waals surface area contributed by atoms with Gasteiger partial charge >= 0.3 is 6.18 Å². The molecule has 0 atom stereocenters. The van der Waals surface area contributed by atoms with Crippen molar-refractivity contribution >= 4 is 22.9 Å². The molecule has 5 aromatic rings. The summed E-state index contributed by atoms with van der Waals surface area (Å²) >= 11 is 7.31. The Labute approximate surface area is 208 Å². The number of benzene rings is 2. The van der Waals surface area contributed by atoms with Crippen LogP contribution in [0.2, 0.25) is 5.02 Å². The molecule has 6 nitrogen and oxygen atoms in total. The molecule has 0 bridgehead atoms. The summed E-state index contributed by atoms with van der Waals surface area (Å²) in [5.74, 6) is -1.52. The van der Waals surface area contributed by atoms with Gasteiger partial charge in [-0.1, -0.05) is 22.8 Å². The van der Waals surface area contributed by atoms with Gasteiger partial charge in [-0.15, -0.1) is 11.3 Å². The summed E-state index contributed by atoms with van der Waals surface area (Å²) in [4.78, 5) is 4.27. The maximum absolute atomic E-state index is 14.3. The zero-order valence-corrected chi connectivity index (χ0v) is 19.5. The van der Waals surface area contributed by atoms with E-state index in [1.165, 1.54) is 30.7 Å². The molecule has 0 amide bonds. The molecule has 0 fully saturated rings. The van der Waals surface area contributed by atoms with Crippen molar-refractivity contribution in [1.29, 1.82) is 0 Å². The maximum Gasteiger partial charge on any atom is 0.434 e. The average molecular weight is 539 g/mol. The number of ether oxygens (including phenoxy) is 1. The van der Waals surface area contributed by atoms with E-state index < -0.39 is 29.1 Å². The van der Waals surface area contributed by atoms with Crippen molar-refractivity contribution in [3.63, 3.8) is 0 Å². The van der Waals surface area contributed by atoms with Crippen LogP contribution in [0.1, 0.15) is 5.69 Å². The third-order valence-corrected chi connectivity index (χ3v) is 6.28. The van der Waals surface area contributed by atoms with Crippen molar-refractivity contribution in [2.45, 2.75) is 6.18 Å². The van der Waals surface area contributed by atoms with E-state index in [1.54, 1.807) is 0 Å². The van der Waals surface area contributed by atoms with E-state index in [1.807, 2.05) is 0 Å². The fraction of sp³-hybridized carbons (Fsp3) is 0.0870. The first kappa shape index (κ1) is 23.9. The molecule has 3 heterocycles. The van der Waals surface area contributed by atoms with Crippen LogP contribution < -0.4 is 4.74 Å². The van der Waals surface area contributed by atoms with Gasteiger partial charge in [-0.05, 0) is 36.4 Å². The van der Waals surface area contributed by atoms with E-state index in [0.717, 1.165) is 41.8 Å². The quantitative estimate of drug-likeness (QED) is 0.220. The lowest BCUT2D eigenvalue weighted by atomic mass is 10.0. The van der Waals surface area contributed by atoms with Crippen LogP contribution in [-0.2, 0) is 6.18 Å². The Morgan fingerprint density at radius 2 is 1.83 bits per heavy atom. The molecule has 0 aliphatic rings. The minimum atomic E-state index is -4.93. The minimum absolute atomic E-state index is 0.0279. The summed E-state index contributed by atoms with van der Waals surface area (Å²) in [6.07, 6.45) is -4.00.